The number of para-hydroxylation sites is 2. The first-order valence-electron chi connectivity index (χ1n) is 8.16. The Hall–Kier alpha value is -3.16. The van der Waals surface area contributed by atoms with Crippen molar-refractivity contribution >= 4 is 16.9 Å². The first-order chi connectivity index (χ1) is 12.1. The number of imidazole rings is 1. The molecule has 0 unspecified atom stereocenters. The minimum Gasteiger partial charge on any atom is -0.340 e. The number of H-pyrrole nitrogens is 2. The zero-order valence-electron chi connectivity index (χ0n) is 13.4. The maximum absolute atomic E-state index is 12.7. The molecule has 128 valence electrons. The average Bonchev–Trinajstić information content (AvgIpc) is 3.23. The largest absolute Gasteiger partial charge is 0.340 e. The molecule has 1 atom stereocenters. The van der Waals surface area contributed by atoms with Gasteiger partial charge in [-0.2, -0.15) is 0 Å². The van der Waals surface area contributed by atoms with Crippen LogP contribution in [0.1, 0.15) is 24.7 Å². The van der Waals surface area contributed by atoms with Crippen molar-refractivity contribution in [1.29, 1.82) is 0 Å². The number of hydrogen-bond donors (Lipinski definition) is 2. The van der Waals surface area contributed by atoms with E-state index in [2.05, 4.69) is 15.0 Å². The van der Waals surface area contributed by atoms with Crippen molar-refractivity contribution in [1.82, 2.24) is 24.4 Å². The molecule has 8 nitrogen and oxygen atoms in total. The van der Waals surface area contributed by atoms with Gasteiger partial charge < -0.3 is 9.88 Å². The summed E-state index contributed by atoms with van der Waals surface area (Å²) >= 11 is 0. The second kappa shape index (κ2) is 6.04. The first-order valence-corrected chi connectivity index (χ1v) is 8.16. The molecule has 2 aromatic heterocycles. The molecule has 0 aliphatic carbocycles. The Morgan fingerprint density at radius 2 is 2.04 bits per heavy atom. The topological polar surface area (TPSA) is 104 Å². The van der Waals surface area contributed by atoms with Crippen LogP contribution in [0.2, 0.25) is 0 Å². The number of nitrogens with one attached hydrogen (secondary N) is 2. The highest BCUT2D eigenvalue weighted by Gasteiger charge is 2.32. The minimum atomic E-state index is -0.583. The number of likely N-dealkylation sites (tertiary alicyclic amines) is 1. The molecule has 1 aliphatic heterocycles. The maximum Gasteiger partial charge on any atom is 0.328 e. The Labute approximate surface area is 142 Å². The van der Waals surface area contributed by atoms with Crippen LogP contribution >= 0.6 is 0 Å². The van der Waals surface area contributed by atoms with Gasteiger partial charge >= 0.3 is 5.69 Å². The molecule has 0 radical (unpaired) electrons. The van der Waals surface area contributed by atoms with E-state index in [0.29, 0.717) is 6.54 Å². The van der Waals surface area contributed by atoms with Crippen molar-refractivity contribution in [2.75, 3.05) is 6.54 Å². The molecule has 2 N–H and O–H groups in total. The number of carbonyl (C=O) groups excluding carboxylic acids is 1. The van der Waals surface area contributed by atoms with Crippen LogP contribution in [0.15, 0.2) is 46.1 Å². The Morgan fingerprint density at radius 1 is 1.20 bits per heavy atom. The normalized spacial score (nSPS) is 17.3. The van der Waals surface area contributed by atoms with Crippen molar-refractivity contribution < 1.29 is 4.79 Å². The van der Waals surface area contributed by atoms with E-state index in [-0.39, 0.29) is 18.5 Å². The fourth-order valence-corrected chi connectivity index (χ4v) is 3.29. The number of nitrogens with zero attached hydrogens (tertiary/aromatic N) is 3. The number of hydrogen-bond acceptors (Lipinski definition) is 4. The fraction of sp³-hybridized carbons (Fsp3) is 0.294. The van der Waals surface area contributed by atoms with Gasteiger partial charge in [0.15, 0.2) is 0 Å². The van der Waals surface area contributed by atoms with E-state index < -0.39 is 11.2 Å². The lowest BCUT2D eigenvalue weighted by molar-refractivity contribution is -0.133. The Balaban J connectivity index is 1.59. The highest BCUT2D eigenvalue weighted by atomic mass is 16.2. The number of rotatable bonds is 3. The molecule has 1 saturated heterocycles. The van der Waals surface area contributed by atoms with Crippen LogP contribution in [0.4, 0.5) is 0 Å². The van der Waals surface area contributed by atoms with Crippen LogP contribution in [0.3, 0.4) is 0 Å². The summed E-state index contributed by atoms with van der Waals surface area (Å²) in [7, 11) is 0. The van der Waals surface area contributed by atoms with Crippen molar-refractivity contribution in [2.45, 2.75) is 25.4 Å². The van der Waals surface area contributed by atoms with Gasteiger partial charge in [-0.25, -0.2) is 9.78 Å². The van der Waals surface area contributed by atoms with Gasteiger partial charge in [0.2, 0.25) is 5.91 Å². The quantitative estimate of drug-likeness (QED) is 0.736. The fourth-order valence-electron chi connectivity index (χ4n) is 3.29. The number of fused-ring (bicyclic) bond motifs is 1. The van der Waals surface area contributed by atoms with Crippen molar-refractivity contribution in [3.63, 3.8) is 0 Å². The summed E-state index contributed by atoms with van der Waals surface area (Å²) in [5, 5.41) is 0. The molecule has 25 heavy (non-hydrogen) atoms. The first kappa shape index (κ1) is 15.4. The summed E-state index contributed by atoms with van der Waals surface area (Å²) in [4.78, 5) is 47.4. The van der Waals surface area contributed by atoms with E-state index in [1.807, 2.05) is 24.3 Å². The second-order valence-corrected chi connectivity index (χ2v) is 6.12. The number of aromatic nitrogens is 4. The van der Waals surface area contributed by atoms with E-state index in [1.165, 1.54) is 16.8 Å². The third kappa shape index (κ3) is 2.86. The van der Waals surface area contributed by atoms with Gasteiger partial charge in [0.25, 0.3) is 5.56 Å². The van der Waals surface area contributed by atoms with Crippen LogP contribution < -0.4 is 11.2 Å². The zero-order chi connectivity index (χ0) is 17.4. The van der Waals surface area contributed by atoms with Crippen LogP contribution in [-0.4, -0.2) is 36.9 Å². The van der Waals surface area contributed by atoms with Gasteiger partial charge in [0.1, 0.15) is 12.4 Å². The lowest BCUT2D eigenvalue weighted by Gasteiger charge is -2.23. The SMILES string of the molecule is O=C(Cn1ccc(=O)[nH]c1=O)N1CCC[C@@H]1c1nc2ccccc2[nH]1. The monoisotopic (exact) mass is 339 g/mol. The number of amides is 1. The molecule has 1 aliphatic rings. The smallest absolute Gasteiger partial charge is 0.328 e. The highest BCUT2D eigenvalue weighted by Crippen LogP contribution is 2.31. The van der Waals surface area contributed by atoms with E-state index in [0.717, 1.165) is 29.7 Å². The molecule has 0 bridgehead atoms. The second-order valence-electron chi connectivity index (χ2n) is 6.12. The number of carbonyl (C=O) groups is 1. The predicted octanol–water partition coefficient (Wildman–Crippen LogP) is 0.777. The summed E-state index contributed by atoms with van der Waals surface area (Å²) < 4.78 is 1.21. The molecule has 0 saturated carbocycles. The van der Waals surface area contributed by atoms with Gasteiger partial charge in [0.05, 0.1) is 17.1 Å². The zero-order valence-corrected chi connectivity index (χ0v) is 13.4. The standard InChI is InChI=1S/C17H17N5O3/c23-14-7-9-21(17(25)20-14)10-15(24)22-8-3-6-13(22)16-18-11-4-1-2-5-12(11)19-16/h1-2,4-5,7,9,13H,3,6,8,10H2,(H,18,19)(H,20,23,25)/t13-/m1/s1. The average molecular weight is 339 g/mol. The van der Waals surface area contributed by atoms with Crippen LogP contribution in [0.5, 0.6) is 0 Å². The van der Waals surface area contributed by atoms with E-state index >= 15 is 0 Å². The molecule has 3 aromatic rings. The molecule has 8 heteroatoms. The van der Waals surface area contributed by atoms with Crippen molar-refractivity contribution in [3.8, 4) is 0 Å². The van der Waals surface area contributed by atoms with Gasteiger partial charge in [-0.15, -0.1) is 0 Å². The van der Waals surface area contributed by atoms with Crippen LogP contribution in [0, 0.1) is 0 Å². The maximum atomic E-state index is 12.7. The van der Waals surface area contributed by atoms with Crippen LogP contribution in [0.25, 0.3) is 11.0 Å². The van der Waals surface area contributed by atoms with E-state index in [9.17, 15) is 14.4 Å². The van der Waals surface area contributed by atoms with Gasteiger partial charge in [-0.3, -0.25) is 19.1 Å². The minimum absolute atomic E-state index is 0.105. The molecular weight excluding hydrogens is 322 g/mol. The highest BCUT2D eigenvalue weighted by molar-refractivity contribution is 5.78. The summed E-state index contributed by atoms with van der Waals surface area (Å²) in [5.74, 6) is 0.595. The van der Waals surface area contributed by atoms with E-state index in [1.54, 1.807) is 4.90 Å². The summed E-state index contributed by atoms with van der Waals surface area (Å²) in [6.07, 6.45) is 3.05. The van der Waals surface area contributed by atoms with Gasteiger partial charge in [-0.05, 0) is 25.0 Å². The van der Waals surface area contributed by atoms with E-state index in [4.69, 9.17) is 0 Å². The van der Waals surface area contributed by atoms with Crippen LogP contribution in [-0.2, 0) is 11.3 Å². The van der Waals surface area contributed by atoms with Crippen molar-refractivity contribution in [2.24, 2.45) is 0 Å². The Bertz CT molecular complexity index is 1010. The summed E-state index contributed by atoms with van der Waals surface area (Å²) in [5.41, 5.74) is 0.748. The lowest BCUT2D eigenvalue weighted by Crippen LogP contribution is -2.38. The third-order valence-electron chi connectivity index (χ3n) is 4.50. The summed E-state index contributed by atoms with van der Waals surface area (Å²) in [6, 6.07) is 8.84. The van der Waals surface area contributed by atoms with Crippen molar-refractivity contribution in [3.05, 3.63) is 63.2 Å². The molecule has 1 aromatic carbocycles. The predicted molar refractivity (Wildman–Crippen MR) is 91.1 cm³/mol. The summed E-state index contributed by atoms with van der Waals surface area (Å²) in [6.45, 7) is 0.519. The Morgan fingerprint density at radius 3 is 2.84 bits per heavy atom. The molecule has 1 fully saturated rings. The third-order valence-corrected chi connectivity index (χ3v) is 4.50. The van der Waals surface area contributed by atoms with Gasteiger partial charge in [-0.1, -0.05) is 12.1 Å². The number of aromatic amines is 2. The Kier molecular flexibility index (Phi) is 3.72. The number of benzene rings is 1. The van der Waals surface area contributed by atoms with Gasteiger partial charge in [0, 0.05) is 18.8 Å². The molecule has 1 amide bonds. The lowest BCUT2D eigenvalue weighted by atomic mass is 10.2. The molecule has 3 heterocycles. The molecular formula is C17H17N5O3. The molecule has 0 spiro atoms. The molecule has 4 rings (SSSR count).